The molecule has 2 fully saturated rings. The van der Waals surface area contributed by atoms with E-state index in [1.54, 1.807) is 12.4 Å². The first-order valence-corrected chi connectivity index (χ1v) is 19.1. The summed E-state index contributed by atoms with van der Waals surface area (Å²) in [5, 5.41) is 54.7. The van der Waals surface area contributed by atoms with Crippen LogP contribution in [0, 0.1) is 26.1 Å². The molecule has 340 valence electrons. The standard InChI is InChI=1S/C37H46F3N7O15/c1-18-15-57-33(28(48)27(18)42-2)61-30-24(41)13-26(45-36(52)59-17-20-5-9-22(10-6-20)47(55)56)31(29(30)49)62-32-25(12-11-23(60-32)14-43-34(50)37(38,39)40)44-35(51)58-16-19-3-7-21(8-4-19)46(53)54/h3-11,18,24-33,42,48-49H,12-17,41H2,1-2H3,(H,43,50)(H,44,51)(H,45,52)/t18-,24-,25-,26+,27+,28-,29-,30+,31-,32-,33-/m1/s1. The highest BCUT2D eigenvalue weighted by Gasteiger charge is 2.50. The van der Waals surface area contributed by atoms with Crippen LogP contribution in [0.5, 0.6) is 0 Å². The maximum Gasteiger partial charge on any atom is 0.471 e. The van der Waals surface area contributed by atoms with Crippen LogP contribution in [0.4, 0.5) is 34.1 Å². The highest BCUT2D eigenvalue weighted by Crippen LogP contribution is 2.32. The molecule has 22 nitrogen and oxygen atoms in total. The SMILES string of the molecule is CN[C@@H]1[C@@H](O)[C@@H](O[C@@H]2[C@@H](O)[C@H](O[C@H]3OC(CNC(=O)C(F)(F)F)=CC[C@H]3NC(=O)OCc3ccc([N+](=O)[O-])cc3)[C@@H](NC(=O)OCc3ccc([N+](=O)[O-])cc3)C[C@H]2N)OC[C@H]1C. The molecule has 0 spiro atoms. The molecule has 0 unspecified atom stereocenters. The van der Waals surface area contributed by atoms with Gasteiger partial charge in [0, 0.05) is 36.3 Å². The lowest BCUT2D eigenvalue weighted by Crippen LogP contribution is -2.67. The lowest BCUT2D eigenvalue weighted by atomic mass is 9.83. The predicted octanol–water partition coefficient (Wildman–Crippen LogP) is 1.51. The fourth-order valence-corrected chi connectivity index (χ4v) is 6.97. The van der Waals surface area contributed by atoms with Crippen LogP contribution in [0.3, 0.4) is 0 Å². The number of alkyl carbamates (subject to hydrolysis) is 2. The Hall–Kier alpha value is -5.70. The van der Waals surface area contributed by atoms with E-state index in [4.69, 9.17) is 34.2 Å². The topological polar surface area (TPSA) is 307 Å². The van der Waals surface area contributed by atoms with Crippen LogP contribution in [0.2, 0.25) is 0 Å². The van der Waals surface area contributed by atoms with Gasteiger partial charge in [-0.25, -0.2) is 9.59 Å². The van der Waals surface area contributed by atoms with Gasteiger partial charge in [0.15, 0.2) is 6.29 Å². The first kappa shape index (κ1) is 47.4. The molecule has 25 heteroatoms. The van der Waals surface area contributed by atoms with Crippen LogP contribution in [0.1, 0.15) is 30.9 Å². The van der Waals surface area contributed by atoms with Gasteiger partial charge in [0.2, 0.25) is 6.29 Å². The Morgan fingerprint density at radius 1 is 0.855 bits per heavy atom. The predicted molar refractivity (Wildman–Crippen MR) is 203 cm³/mol. The van der Waals surface area contributed by atoms with Gasteiger partial charge in [-0.15, -0.1) is 0 Å². The number of hydrogen-bond acceptors (Lipinski definition) is 17. The zero-order valence-electron chi connectivity index (χ0n) is 33.1. The fraction of sp³-hybridized carbons (Fsp3) is 0.541. The Labute approximate surface area is 350 Å². The molecule has 1 saturated carbocycles. The molecule has 0 radical (unpaired) electrons. The summed E-state index contributed by atoms with van der Waals surface area (Å²) in [5.41, 5.74) is 6.86. The van der Waals surface area contributed by atoms with Crippen molar-refractivity contribution in [1.29, 1.82) is 0 Å². The zero-order chi connectivity index (χ0) is 45.3. The van der Waals surface area contributed by atoms with Crippen LogP contribution in [0.15, 0.2) is 60.4 Å². The van der Waals surface area contributed by atoms with Crippen molar-refractivity contribution in [3.8, 4) is 0 Å². The van der Waals surface area contributed by atoms with Crippen molar-refractivity contribution in [2.24, 2.45) is 11.7 Å². The Kier molecular flexibility index (Phi) is 16.0. The Morgan fingerprint density at radius 3 is 1.90 bits per heavy atom. The minimum absolute atomic E-state index is 0.140. The van der Waals surface area contributed by atoms with Crippen molar-refractivity contribution in [2.45, 2.75) is 100 Å². The number of benzene rings is 2. The highest BCUT2D eigenvalue weighted by atomic mass is 19.4. The summed E-state index contributed by atoms with van der Waals surface area (Å²) in [5.74, 6) is -2.65. The minimum atomic E-state index is -5.23. The first-order chi connectivity index (χ1) is 29.3. The number of aliphatic hydroxyl groups is 2. The number of nitrogens with one attached hydrogen (secondary N) is 4. The van der Waals surface area contributed by atoms with E-state index in [9.17, 15) is 58.0 Å². The maximum atomic E-state index is 13.2. The second-order valence-electron chi connectivity index (χ2n) is 14.6. The number of carbonyl (C=O) groups is 3. The van der Waals surface area contributed by atoms with Gasteiger partial charge in [0.1, 0.15) is 43.4 Å². The molecule has 2 aromatic rings. The van der Waals surface area contributed by atoms with Crippen LogP contribution >= 0.6 is 0 Å². The third-order valence-corrected chi connectivity index (χ3v) is 10.2. The molecular weight excluding hydrogens is 839 g/mol. The van der Waals surface area contributed by atoms with Crippen molar-refractivity contribution in [2.75, 3.05) is 20.2 Å². The molecule has 0 bridgehead atoms. The Morgan fingerprint density at radius 2 is 1.39 bits per heavy atom. The van der Waals surface area contributed by atoms with Crippen LogP contribution in [0.25, 0.3) is 0 Å². The lowest BCUT2D eigenvalue weighted by molar-refractivity contribution is -0.385. The quantitative estimate of drug-likeness (QED) is 0.0985. The molecule has 8 N–H and O–H groups in total. The number of alkyl halides is 3. The van der Waals surface area contributed by atoms with E-state index >= 15 is 0 Å². The smallest absolute Gasteiger partial charge is 0.465 e. The van der Waals surface area contributed by atoms with Crippen LogP contribution < -0.4 is 27.0 Å². The second kappa shape index (κ2) is 20.9. The molecule has 11 atom stereocenters. The molecule has 2 aliphatic heterocycles. The molecule has 62 heavy (non-hydrogen) atoms. The number of likely N-dealkylation sites (N-methyl/N-ethyl adjacent to an activating group) is 1. The lowest BCUT2D eigenvalue weighted by Gasteiger charge is -2.47. The van der Waals surface area contributed by atoms with Gasteiger partial charge in [0.25, 0.3) is 11.4 Å². The highest BCUT2D eigenvalue weighted by molar-refractivity contribution is 5.81. The summed E-state index contributed by atoms with van der Waals surface area (Å²) in [6.45, 7) is 0.515. The minimum Gasteiger partial charge on any atom is -0.465 e. The fourth-order valence-electron chi connectivity index (χ4n) is 6.97. The molecule has 3 aliphatic rings. The number of ether oxygens (including phenoxy) is 6. The summed E-state index contributed by atoms with van der Waals surface area (Å²) in [6, 6.07) is 6.29. The number of rotatable bonds is 15. The molecule has 5 rings (SSSR count). The van der Waals surface area contributed by atoms with Gasteiger partial charge < -0.3 is 65.6 Å². The number of nitro benzene ring substituents is 2. The van der Waals surface area contributed by atoms with Crippen molar-refractivity contribution in [3.05, 3.63) is 91.7 Å². The van der Waals surface area contributed by atoms with Gasteiger partial charge in [-0.3, -0.25) is 25.0 Å². The number of halogens is 3. The number of aliphatic hydroxyl groups excluding tert-OH is 2. The number of non-ortho nitro benzene ring substituents is 2. The van der Waals surface area contributed by atoms with Gasteiger partial charge in [-0.2, -0.15) is 13.2 Å². The monoisotopic (exact) mass is 885 g/mol. The first-order valence-electron chi connectivity index (χ1n) is 19.1. The number of nitrogens with two attached hydrogens (primary N) is 1. The third kappa shape index (κ3) is 12.5. The summed E-state index contributed by atoms with van der Waals surface area (Å²) in [7, 11) is 1.63. The molecule has 3 amide bonds. The van der Waals surface area contributed by atoms with E-state index in [2.05, 4.69) is 16.0 Å². The van der Waals surface area contributed by atoms with Crippen molar-refractivity contribution in [3.63, 3.8) is 0 Å². The van der Waals surface area contributed by atoms with Crippen LogP contribution in [-0.2, 0) is 46.4 Å². The molecule has 1 aliphatic carbocycles. The zero-order valence-corrected chi connectivity index (χ0v) is 33.1. The average molecular weight is 886 g/mol. The van der Waals surface area contributed by atoms with E-state index in [1.807, 2.05) is 6.92 Å². The van der Waals surface area contributed by atoms with Crippen molar-refractivity contribution < 1.29 is 76.0 Å². The number of nitro groups is 2. The Balaban J connectivity index is 1.37. The summed E-state index contributed by atoms with van der Waals surface area (Å²) >= 11 is 0. The number of amides is 3. The maximum absolute atomic E-state index is 13.2. The average Bonchev–Trinajstić information content (AvgIpc) is 3.22. The van der Waals surface area contributed by atoms with E-state index in [0.717, 1.165) is 0 Å². The summed E-state index contributed by atoms with van der Waals surface area (Å²) < 4.78 is 73.5. The molecule has 0 aromatic heterocycles. The number of carbonyl (C=O) groups excluding carboxylic acids is 3. The van der Waals surface area contributed by atoms with E-state index in [-0.39, 0.29) is 55.7 Å². The van der Waals surface area contributed by atoms with Gasteiger partial charge >= 0.3 is 24.3 Å². The van der Waals surface area contributed by atoms with Crippen molar-refractivity contribution in [1.82, 2.24) is 21.3 Å². The van der Waals surface area contributed by atoms with Gasteiger partial charge in [0.05, 0.1) is 35.1 Å². The molecular formula is C37H46F3N7O15. The Bertz CT molecular complexity index is 1930. The second-order valence-corrected chi connectivity index (χ2v) is 14.6. The van der Waals surface area contributed by atoms with E-state index in [0.29, 0.717) is 11.1 Å². The van der Waals surface area contributed by atoms with E-state index < -0.39 is 102 Å². The van der Waals surface area contributed by atoms with Crippen LogP contribution in [-0.4, -0.2) is 126 Å². The van der Waals surface area contributed by atoms with E-state index in [1.165, 1.54) is 54.6 Å². The number of nitrogens with zero attached hydrogens (tertiary/aromatic N) is 2. The molecule has 2 aromatic carbocycles. The van der Waals surface area contributed by atoms with Gasteiger partial charge in [-0.05, 0) is 67.3 Å². The summed E-state index contributed by atoms with van der Waals surface area (Å²) in [4.78, 5) is 58.7. The summed E-state index contributed by atoms with van der Waals surface area (Å²) in [6.07, 6.45) is -15.4. The molecule has 2 heterocycles. The third-order valence-electron chi connectivity index (χ3n) is 10.2. The normalized spacial score (nSPS) is 28.6. The molecule has 1 saturated heterocycles. The van der Waals surface area contributed by atoms with Gasteiger partial charge in [-0.1, -0.05) is 6.92 Å². The van der Waals surface area contributed by atoms with Crippen molar-refractivity contribution >= 4 is 29.5 Å². The largest absolute Gasteiger partial charge is 0.471 e. The number of hydrogen-bond donors (Lipinski definition) is 7.